The van der Waals surface area contributed by atoms with Crippen LogP contribution >= 0.6 is 0 Å². The lowest BCUT2D eigenvalue weighted by atomic mass is 9.98. The number of rotatable bonds is 1. The Bertz CT molecular complexity index is 849. The molecular formula is C19H20O2Si. The fourth-order valence-electron chi connectivity index (χ4n) is 3.72. The quantitative estimate of drug-likeness (QED) is 0.640. The van der Waals surface area contributed by atoms with Gasteiger partial charge >= 0.3 is 0 Å². The molecule has 3 heteroatoms. The van der Waals surface area contributed by atoms with Gasteiger partial charge in [0, 0.05) is 11.1 Å². The van der Waals surface area contributed by atoms with Crippen LogP contribution in [0.5, 0.6) is 5.75 Å². The fourth-order valence-corrected chi connectivity index (χ4v) is 5.85. The molecule has 2 aromatic rings. The van der Waals surface area contributed by atoms with Crippen molar-refractivity contribution in [2.24, 2.45) is 0 Å². The van der Waals surface area contributed by atoms with Gasteiger partial charge in [-0.3, -0.25) is 4.79 Å². The number of fused-ring (bicyclic) bond motifs is 4. The molecule has 0 spiro atoms. The van der Waals surface area contributed by atoms with E-state index >= 15 is 0 Å². The largest absolute Gasteiger partial charge is 0.493 e. The molecule has 112 valence electrons. The first-order chi connectivity index (χ1) is 10.9. The summed E-state index contributed by atoms with van der Waals surface area (Å²) in [4.78, 5) is 13.1. The molecule has 2 aliphatic rings. The summed E-state index contributed by atoms with van der Waals surface area (Å²) < 4.78 is 14.6. The summed E-state index contributed by atoms with van der Waals surface area (Å²) in [5.74, 6) is 0.812. The molecule has 4 rings (SSSR count). The average molecular weight is 309 g/mol. The van der Waals surface area contributed by atoms with Crippen LogP contribution in [-0.4, -0.2) is 20.5 Å². The minimum Gasteiger partial charge on any atom is -0.493 e. The van der Waals surface area contributed by atoms with Crippen LogP contribution in [-0.2, 0) is 6.42 Å². The van der Waals surface area contributed by atoms with E-state index in [-0.39, 0.29) is 5.78 Å². The number of hydrogen-bond donors (Lipinski definition) is 0. The highest BCUT2D eigenvalue weighted by atomic mass is 28.3. The second-order valence-electron chi connectivity index (χ2n) is 7.13. The summed E-state index contributed by atoms with van der Waals surface area (Å²) in [5.41, 5.74) is 4.34. The van der Waals surface area contributed by atoms with Crippen molar-refractivity contribution in [3.05, 3.63) is 47.0 Å². The van der Waals surface area contributed by atoms with Crippen molar-refractivity contribution < 1.29 is 10.9 Å². The SMILES string of the molecule is [2H]c1c2c(c([Si](C)(C)C)c3c1-c1ccccc1C3=O)CCCO2. The summed E-state index contributed by atoms with van der Waals surface area (Å²) in [6.45, 7) is 7.49. The van der Waals surface area contributed by atoms with Crippen molar-refractivity contribution in [3.8, 4) is 16.9 Å². The van der Waals surface area contributed by atoms with Crippen LogP contribution in [0.2, 0.25) is 19.6 Å². The van der Waals surface area contributed by atoms with Crippen molar-refractivity contribution in [2.75, 3.05) is 6.61 Å². The third-order valence-electron chi connectivity index (χ3n) is 4.55. The van der Waals surface area contributed by atoms with Crippen LogP contribution in [0.25, 0.3) is 11.1 Å². The van der Waals surface area contributed by atoms with E-state index in [0.29, 0.717) is 12.6 Å². The number of ketones is 1. The van der Waals surface area contributed by atoms with Crippen molar-refractivity contribution in [3.63, 3.8) is 0 Å². The number of carbonyl (C=O) groups excluding carboxylic acids is 1. The Morgan fingerprint density at radius 2 is 1.86 bits per heavy atom. The Morgan fingerprint density at radius 1 is 1.14 bits per heavy atom. The molecule has 22 heavy (non-hydrogen) atoms. The third kappa shape index (κ3) is 1.81. The lowest BCUT2D eigenvalue weighted by Crippen LogP contribution is -2.44. The Balaban J connectivity index is 2.17. The Morgan fingerprint density at radius 3 is 2.59 bits per heavy atom. The monoisotopic (exact) mass is 309 g/mol. The molecule has 0 saturated heterocycles. The maximum Gasteiger partial charge on any atom is 0.194 e. The smallest absolute Gasteiger partial charge is 0.194 e. The Labute approximate surface area is 133 Å². The van der Waals surface area contributed by atoms with Crippen molar-refractivity contribution >= 4 is 19.0 Å². The molecule has 0 amide bonds. The molecule has 1 aliphatic carbocycles. The van der Waals surface area contributed by atoms with Crippen LogP contribution in [0.3, 0.4) is 0 Å². The van der Waals surface area contributed by atoms with Crippen LogP contribution < -0.4 is 9.92 Å². The van der Waals surface area contributed by atoms with Gasteiger partial charge in [-0.1, -0.05) is 43.9 Å². The third-order valence-corrected chi connectivity index (χ3v) is 6.60. The van der Waals surface area contributed by atoms with Gasteiger partial charge in [0.25, 0.3) is 0 Å². The second kappa shape index (κ2) is 4.56. The average Bonchev–Trinajstić information content (AvgIpc) is 2.81. The van der Waals surface area contributed by atoms with E-state index in [9.17, 15) is 4.79 Å². The zero-order valence-corrected chi connectivity index (χ0v) is 14.2. The van der Waals surface area contributed by atoms with Crippen LogP contribution in [0, 0.1) is 0 Å². The molecule has 0 aromatic heterocycles. The number of ether oxygens (including phenoxy) is 1. The predicted octanol–water partition coefficient (Wildman–Crippen LogP) is 3.77. The van der Waals surface area contributed by atoms with Gasteiger partial charge < -0.3 is 4.74 Å². The molecule has 0 N–H and O–H groups in total. The molecule has 2 nitrogen and oxygen atoms in total. The van der Waals surface area contributed by atoms with E-state index in [4.69, 9.17) is 6.11 Å². The summed E-state index contributed by atoms with van der Waals surface area (Å²) in [6.07, 6.45) is 1.88. The first kappa shape index (κ1) is 12.6. The molecule has 0 saturated carbocycles. The lowest BCUT2D eigenvalue weighted by molar-refractivity contribution is 0.104. The molecule has 0 bridgehead atoms. The van der Waals surface area contributed by atoms with Crippen molar-refractivity contribution in [2.45, 2.75) is 32.5 Å². The highest BCUT2D eigenvalue weighted by molar-refractivity contribution is 6.90. The summed E-state index contributed by atoms with van der Waals surface area (Å²) in [5, 5.41) is 1.21. The van der Waals surface area contributed by atoms with Crippen LogP contribution in [0.4, 0.5) is 0 Å². The lowest BCUT2D eigenvalue weighted by Gasteiger charge is -2.29. The number of hydrogen-bond acceptors (Lipinski definition) is 2. The highest BCUT2D eigenvalue weighted by Gasteiger charge is 2.37. The van der Waals surface area contributed by atoms with E-state index in [1.54, 1.807) is 0 Å². The summed E-state index contributed by atoms with van der Waals surface area (Å²) in [7, 11) is -1.76. The maximum atomic E-state index is 13.1. The first-order valence-electron chi connectivity index (χ1n) is 8.38. The fraction of sp³-hybridized carbons (Fsp3) is 0.316. The van der Waals surface area contributed by atoms with Gasteiger partial charge in [0.05, 0.1) is 16.1 Å². The van der Waals surface area contributed by atoms with E-state index in [0.717, 1.165) is 46.4 Å². The number of carbonyl (C=O) groups is 1. The van der Waals surface area contributed by atoms with E-state index in [2.05, 4.69) is 19.6 Å². The normalized spacial score (nSPS) is 16.5. The molecule has 0 fully saturated rings. The van der Waals surface area contributed by atoms with E-state index < -0.39 is 8.07 Å². The zero-order chi connectivity index (χ0) is 16.4. The van der Waals surface area contributed by atoms with Gasteiger partial charge in [0.15, 0.2) is 5.78 Å². The molecular weight excluding hydrogens is 288 g/mol. The standard InChI is InChI=1S/C19H20O2Si/c1-22(2,3)19-14-9-6-10-21-16(14)11-15-12-7-4-5-8-13(12)18(20)17(15)19/h4-5,7-8,11H,6,9-10H2,1-3H3/i11D. The van der Waals surface area contributed by atoms with Crippen LogP contribution in [0.15, 0.2) is 30.3 Å². The van der Waals surface area contributed by atoms with E-state index in [1.807, 2.05) is 24.3 Å². The molecule has 0 atom stereocenters. The topological polar surface area (TPSA) is 26.3 Å². The van der Waals surface area contributed by atoms with Gasteiger partial charge in [-0.25, -0.2) is 0 Å². The van der Waals surface area contributed by atoms with Gasteiger partial charge in [-0.15, -0.1) is 0 Å². The Hall–Kier alpha value is -1.87. The van der Waals surface area contributed by atoms with Gasteiger partial charge in [0.2, 0.25) is 0 Å². The van der Waals surface area contributed by atoms with Gasteiger partial charge in [0.1, 0.15) is 5.75 Å². The van der Waals surface area contributed by atoms with Crippen molar-refractivity contribution in [1.82, 2.24) is 0 Å². The number of benzene rings is 2. The van der Waals surface area contributed by atoms with Gasteiger partial charge in [-0.2, -0.15) is 0 Å². The Kier molecular flexibility index (Phi) is 2.62. The minimum atomic E-state index is -1.76. The molecule has 2 aromatic carbocycles. The molecule has 0 radical (unpaired) electrons. The zero-order valence-electron chi connectivity index (χ0n) is 14.2. The van der Waals surface area contributed by atoms with Gasteiger partial charge in [-0.05, 0) is 40.8 Å². The first-order valence-corrected chi connectivity index (χ1v) is 11.4. The van der Waals surface area contributed by atoms with Crippen molar-refractivity contribution in [1.29, 1.82) is 0 Å². The second-order valence-corrected chi connectivity index (χ2v) is 12.1. The molecule has 1 aliphatic heterocycles. The summed E-state index contributed by atoms with van der Waals surface area (Å²) in [6, 6.07) is 8.08. The predicted molar refractivity (Wildman–Crippen MR) is 92.1 cm³/mol. The highest BCUT2D eigenvalue weighted by Crippen LogP contribution is 2.41. The van der Waals surface area contributed by atoms with E-state index in [1.165, 1.54) is 5.19 Å². The summed E-state index contributed by atoms with van der Waals surface area (Å²) >= 11 is 0. The van der Waals surface area contributed by atoms with Crippen LogP contribution in [0.1, 0.15) is 29.3 Å². The molecule has 0 unspecified atom stereocenters. The maximum absolute atomic E-state index is 13.1. The minimum absolute atomic E-state index is 0.0925. The molecule has 1 heterocycles.